The summed E-state index contributed by atoms with van der Waals surface area (Å²) in [6.45, 7) is 7.03. The fourth-order valence-electron chi connectivity index (χ4n) is 2.32. The van der Waals surface area contributed by atoms with Gasteiger partial charge in [-0.1, -0.05) is 43.7 Å². The number of thiazole rings is 1. The number of benzene rings is 1. The van der Waals surface area contributed by atoms with Crippen molar-refractivity contribution in [2.75, 3.05) is 5.32 Å². The van der Waals surface area contributed by atoms with Crippen LogP contribution in [0.2, 0.25) is 0 Å². The van der Waals surface area contributed by atoms with Gasteiger partial charge in [0.15, 0.2) is 0 Å². The van der Waals surface area contributed by atoms with Gasteiger partial charge in [-0.25, -0.2) is 9.67 Å². The molecule has 1 aromatic carbocycles. The third-order valence-corrected chi connectivity index (χ3v) is 4.42. The zero-order chi connectivity index (χ0) is 17.1. The Hall–Kier alpha value is -2.47. The topological polar surface area (TPSA) is 59.8 Å². The minimum atomic E-state index is -0.213. The van der Waals surface area contributed by atoms with Crippen LogP contribution in [0.1, 0.15) is 29.9 Å². The number of amides is 1. The standard InChI is InChI=1S/C18H20N4OS/c1-12(2)10-22-16(8-9-19-22)21-17(23)15-11-24-18(20-15)14-6-4-13(3)5-7-14/h4-9,11-12H,10H2,1-3H3,(H,21,23). The van der Waals surface area contributed by atoms with E-state index in [9.17, 15) is 4.79 Å². The van der Waals surface area contributed by atoms with E-state index < -0.39 is 0 Å². The summed E-state index contributed by atoms with van der Waals surface area (Å²) < 4.78 is 1.80. The van der Waals surface area contributed by atoms with E-state index in [1.54, 1.807) is 22.3 Å². The number of carbonyl (C=O) groups excluding carboxylic acids is 1. The number of carbonyl (C=O) groups is 1. The van der Waals surface area contributed by atoms with Gasteiger partial charge in [0, 0.05) is 23.6 Å². The van der Waals surface area contributed by atoms with Crippen LogP contribution in [0.3, 0.4) is 0 Å². The highest BCUT2D eigenvalue weighted by molar-refractivity contribution is 7.13. The number of rotatable bonds is 5. The van der Waals surface area contributed by atoms with E-state index in [0.29, 0.717) is 17.4 Å². The van der Waals surface area contributed by atoms with Crippen molar-refractivity contribution < 1.29 is 4.79 Å². The second-order valence-electron chi connectivity index (χ2n) is 6.15. The van der Waals surface area contributed by atoms with Crippen molar-refractivity contribution >= 4 is 23.1 Å². The Morgan fingerprint density at radius 3 is 2.71 bits per heavy atom. The number of hydrogen-bond acceptors (Lipinski definition) is 4. The number of aromatic nitrogens is 3. The van der Waals surface area contributed by atoms with Crippen molar-refractivity contribution in [1.82, 2.24) is 14.8 Å². The molecule has 0 bridgehead atoms. The Bertz CT molecular complexity index is 833. The molecule has 2 aromatic heterocycles. The van der Waals surface area contributed by atoms with Crippen molar-refractivity contribution in [2.24, 2.45) is 5.92 Å². The molecule has 3 rings (SSSR count). The highest BCUT2D eigenvalue weighted by atomic mass is 32.1. The van der Waals surface area contributed by atoms with Gasteiger partial charge in [0.2, 0.25) is 0 Å². The fourth-order valence-corrected chi connectivity index (χ4v) is 3.12. The predicted octanol–water partition coefficient (Wildman–Crippen LogP) is 4.22. The van der Waals surface area contributed by atoms with Crippen LogP contribution < -0.4 is 5.32 Å². The third-order valence-electron chi connectivity index (χ3n) is 3.53. The van der Waals surface area contributed by atoms with E-state index >= 15 is 0 Å². The molecule has 0 spiro atoms. The maximum atomic E-state index is 12.4. The molecule has 0 fully saturated rings. The third kappa shape index (κ3) is 3.71. The van der Waals surface area contributed by atoms with E-state index in [-0.39, 0.29) is 5.91 Å². The summed E-state index contributed by atoms with van der Waals surface area (Å²) in [6, 6.07) is 9.93. The summed E-state index contributed by atoms with van der Waals surface area (Å²) in [5, 5.41) is 9.77. The number of aryl methyl sites for hydroxylation is 1. The van der Waals surface area contributed by atoms with Gasteiger partial charge in [0.25, 0.3) is 5.91 Å². The molecule has 1 amide bonds. The zero-order valence-corrected chi connectivity index (χ0v) is 14.8. The number of nitrogens with zero attached hydrogens (tertiary/aromatic N) is 3. The largest absolute Gasteiger partial charge is 0.305 e. The van der Waals surface area contributed by atoms with Gasteiger partial charge < -0.3 is 5.32 Å². The molecule has 1 N–H and O–H groups in total. The SMILES string of the molecule is Cc1ccc(-c2nc(C(=O)Nc3ccnn3CC(C)C)cs2)cc1. The second-order valence-corrected chi connectivity index (χ2v) is 7.01. The molecule has 24 heavy (non-hydrogen) atoms. The van der Waals surface area contributed by atoms with E-state index in [1.165, 1.54) is 16.9 Å². The van der Waals surface area contributed by atoms with Crippen LogP contribution in [0.4, 0.5) is 5.82 Å². The lowest BCUT2D eigenvalue weighted by Gasteiger charge is -2.10. The molecule has 2 heterocycles. The van der Waals surface area contributed by atoms with Gasteiger partial charge in [-0.3, -0.25) is 4.79 Å². The van der Waals surface area contributed by atoms with Crippen LogP contribution in [0.15, 0.2) is 41.9 Å². The Morgan fingerprint density at radius 2 is 2.00 bits per heavy atom. The van der Waals surface area contributed by atoms with Crippen molar-refractivity contribution in [3.8, 4) is 10.6 Å². The van der Waals surface area contributed by atoms with Gasteiger partial charge >= 0.3 is 0 Å². The molecule has 6 heteroatoms. The first kappa shape index (κ1) is 16.4. The number of hydrogen-bond donors (Lipinski definition) is 1. The molecule has 5 nitrogen and oxygen atoms in total. The normalized spacial score (nSPS) is 11.0. The molecular formula is C18H20N4OS. The Balaban J connectivity index is 1.75. The molecule has 3 aromatic rings. The smallest absolute Gasteiger partial charge is 0.276 e. The van der Waals surface area contributed by atoms with E-state index in [2.05, 4.69) is 29.2 Å². The molecular weight excluding hydrogens is 320 g/mol. The summed E-state index contributed by atoms with van der Waals surface area (Å²) in [7, 11) is 0. The summed E-state index contributed by atoms with van der Waals surface area (Å²) in [6.07, 6.45) is 1.69. The van der Waals surface area contributed by atoms with E-state index in [4.69, 9.17) is 0 Å². The first-order valence-electron chi connectivity index (χ1n) is 7.88. The zero-order valence-electron chi connectivity index (χ0n) is 14.0. The minimum Gasteiger partial charge on any atom is -0.305 e. The monoisotopic (exact) mass is 340 g/mol. The van der Waals surface area contributed by atoms with Crippen LogP contribution in [0.5, 0.6) is 0 Å². The van der Waals surface area contributed by atoms with Crippen LogP contribution in [0, 0.1) is 12.8 Å². The number of nitrogens with one attached hydrogen (secondary N) is 1. The van der Waals surface area contributed by atoms with Crippen molar-refractivity contribution in [3.63, 3.8) is 0 Å². The summed E-state index contributed by atoms with van der Waals surface area (Å²) in [5.41, 5.74) is 2.65. The number of anilines is 1. The molecule has 0 saturated carbocycles. The van der Waals surface area contributed by atoms with Gasteiger partial charge in [0.05, 0.1) is 6.20 Å². The lowest BCUT2D eigenvalue weighted by molar-refractivity contribution is 0.102. The average molecular weight is 340 g/mol. The Kier molecular flexibility index (Phi) is 4.76. The van der Waals surface area contributed by atoms with Crippen LogP contribution in [-0.2, 0) is 6.54 Å². The molecule has 0 radical (unpaired) electrons. The first-order chi connectivity index (χ1) is 11.5. The fraction of sp³-hybridized carbons (Fsp3) is 0.278. The predicted molar refractivity (Wildman–Crippen MR) is 97.3 cm³/mol. The first-order valence-corrected chi connectivity index (χ1v) is 8.76. The van der Waals surface area contributed by atoms with Gasteiger partial charge in [-0.2, -0.15) is 5.10 Å². The van der Waals surface area contributed by atoms with E-state index in [0.717, 1.165) is 17.1 Å². The highest BCUT2D eigenvalue weighted by Gasteiger charge is 2.14. The maximum Gasteiger partial charge on any atom is 0.276 e. The Labute approximate surface area is 145 Å². The lowest BCUT2D eigenvalue weighted by atomic mass is 10.2. The molecule has 0 aliphatic carbocycles. The van der Waals surface area contributed by atoms with E-state index in [1.807, 2.05) is 31.2 Å². The van der Waals surface area contributed by atoms with Crippen molar-refractivity contribution in [2.45, 2.75) is 27.3 Å². The molecule has 0 saturated heterocycles. The average Bonchev–Trinajstić information content (AvgIpc) is 3.18. The summed E-state index contributed by atoms with van der Waals surface area (Å²) in [5.74, 6) is 0.932. The van der Waals surface area contributed by atoms with Crippen molar-refractivity contribution in [3.05, 3.63) is 53.2 Å². The second kappa shape index (κ2) is 6.97. The molecule has 0 aliphatic heterocycles. The van der Waals surface area contributed by atoms with Gasteiger partial charge in [0.1, 0.15) is 16.5 Å². The highest BCUT2D eigenvalue weighted by Crippen LogP contribution is 2.24. The molecule has 0 aliphatic rings. The molecule has 0 atom stereocenters. The van der Waals surface area contributed by atoms with Gasteiger partial charge in [-0.15, -0.1) is 11.3 Å². The minimum absolute atomic E-state index is 0.213. The maximum absolute atomic E-state index is 12.4. The van der Waals surface area contributed by atoms with Crippen LogP contribution >= 0.6 is 11.3 Å². The quantitative estimate of drug-likeness (QED) is 0.756. The van der Waals surface area contributed by atoms with Gasteiger partial charge in [-0.05, 0) is 12.8 Å². The van der Waals surface area contributed by atoms with Crippen LogP contribution in [-0.4, -0.2) is 20.7 Å². The van der Waals surface area contributed by atoms with Crippen LogP contribution in [0.25, 0.3) is 10.6 Å². The van der Waals surface area contributed by atoms with Crippen molar-refractivity contribution in [1.29, 1.82) is 0 Å². The summed E-state index contributed by atoms with van der Waals surface area (Å²) in [4.78, 5) is 16.9. The lowest BCUT2D eigenvalue weighted by Crippen LogP contribution is -2.17. The summed E-state index contributed by atoms with van der Waals surface area (Å²) >= 11 is 1.47. The Morgan fingerprint density at radius 1 is 1.25 bits per heavy atom. The molecule has 124 valence electrons. The molecule has 0 unspecified atom stereocenters.